The SMILES string of the molecule is CCOC(=O)c1cnc(-n2cnc3ccccc32)nc1C. The van der Waals surface area contributed by atoms with Crippen molar-refractivity contribution < 1.29 is 9.53 Å². The van der Waals surface area contributed by atoms with Crippen LogP contribution in [0.2, 0.25) is 0 Å². The largest absolute Gasteiger partial charge is 0.462 e. The minimum absolute atomic E-state index is 0.326. The molecule has 6 heteroatoms. The Kier molecular flexibility index (Phi) is 3.35. The Morgan fingerprint density at radius 3 is 2.86 bits per heavy atom. The van der Waals surface area contributed by atoms with E-state index in [1.807, 2.05) is 24.3 Å². The standard InChI is InChI=1S/C15H14N4O2/c1-3-21-14(20)11-8-16-15(18-10(11)2)19-9-17-12-6-4-5-7-13(12)19/h4-9H,3H2,1-2H3. The van der Waals surface area contributed by atoms with Crippen molar-refractivity contribution in [3.05, 3.63) is 48.0 Å². The van der Waals surface area contributed by atoms with Crippen molar-refractivity contribution in [1.29, 1.82) is 0 Å². The molecule has 0 fully saturated rings. The first kappa shape index (κ1) is 13.2. The number of aryl methyl sites for hydroxylation is 1. The summed E-state index contributed by atoms with van der Waals surface area (Å²) in [5.41, 5.74) is 2.75. The fourth-order valence-corrected chi connectivity index (χ4v) is 2.10. The van der Waals surface area contributed by atoms with Gasteiger partial charge in [-0.3, -0.25) is 4.57 Å². The van der Waals surface area contributed by atoms with Crippen LogP contribution in [0.15, 0.2) is 36.8 Å². The van der Waals surface area contributed by atoms with Crippen molar-refractivity contribution in [3.8, 4) is 5.95 Å². The normalized spacial score (nSPS) is 10.8. The smallest absolute Gasteiger partial charge is 0.341 e. The lowest BCUT2D eigenvalue weighted by molar-refractivity contribution is 0.0524. The summed E-state index contributed by atoms with van der Waals surface area (Å²) >= 11 is 0. The second-order valence-electron chi connectivity index (χ2n) is 4.49. The third-order valence-electron chi connectivity index (χ3n) is 3.13. The van der Waals surface area contributed by atoms with Crippen LogP contribution in [0, 0.1) is 6.92 Å². The van der Waals surface area contributed by atoms with Gasteiger partial charge in [0.2, 0.25) is 5.95 Å². The van der Waals surface area contributed by atoms with E-state index in [1.165, 1.54) is 6.20 Å². The van der Waals surface area contributed by atoms with Gasteiger partial charge in [-0.2, -0.15) is 0 Å². The molecule has 0 aliphatic rings. The first-order valence-electron chi connectivity index (χ1n) is 6.64. The van der Waals surface area contributed by atoms with Gasteiger partial charge in [0, 0.05) is 6.20 Å². The maximum absolute atomic E-state index is 11.8. The molecule has 0 aliphatic carbocycles. The zero-order valence-corrected chi connectivity index (χ0v) is 11.8. The number of carbonyl (C=O) groups excluding carboxylic acids is 1. The molecule has 3 aromatic rings. The molecule has 106 valence electrons. The highest BCUT2D eigenvalue weighted by Crippen LogP contribution is 2.16. The Morgan fingerprint density at radius 1 is 1.29 bits per heavy atom. The molecule has 2 heterocycles. The second-order valence-corrected chi connectivity index (χ2v) is 4.49. The van der Waals surface area contributed by atoms with Gasteiger partial charge in [-0.1, -0.05) is 12.1 Å². The molecule has 0 saturated heterocycles. The van der Waals surface area contributed by atoms with Crippen LogP contribution >= 0.6 is 0 Å². The Bertz CT molecular complexity index is 810. The van der Waals surface area contributed by atoms with Gasteiger partial charge >= 0.3 is 5.97 Å². The molecular weight excluding hydrogens is 268 g/mol. The van der Waals surface area contributed by atoms with E-state index < -0.39 is 5.97 Å². The van der Waals surface area contributed by atoms with Gasteiger partial charge in [0.05, 0.1) is 28.9 Å². The van der Waals surface area contributed by atoms with Crippen LogP contribution in [-0.2, 0) is 4.74 Å². The molecule has 0 saturated carbocycles. The summed E-state index contributed by atoms with van der Waals surface area (Å²) in [5.74, 6) is 0.0753. The van der Waals surface area contributed by atoms with Gasteiger partial charge in [0.25, 0.3) is 0 Å². The number of fused-ring (bicyclic) bond motifs is 1. The van der Waals surface area contributed by atoms with Crippen LogP contribution in [0.25, 0.3) is 17.0 Å². The third kappa shape index (κ3) is 2.35. The summed E-state index contributed by atoms with van der Waals surface area (Å²) in [6.07, 6.45) is 3.16. The number of ether oxygens (including phenoxy) is 1. The minimum atomic E-state index is -0.406. The predicted molar refractivity (Wildman–Crippen MR) is 77.4 cm³/mol. The van der Waals surface area contributed by atoms with Crippen LogP contribution in [0.1, 0.15) is 23.0 Å². The van der Waals surface area contributed by atoms with Crippen molar-refractivity contribution in [2.24, 2.45) is 0 Å². The van der Waals surface area contributed by atoms with E-state index in [2.05, 4.69) is 15.0 Å². The number of benzene rings is 1. The van der Waals surface area contributed by atoms with Gasteiger partial charge in [0.15, 0.2) is 0 Å². The number of hydrogen-bond acceptors (Lipinski definition) is 5. The van der Waals surface area contributed by atoms with Gasteiger partial charge in [-0.15, -0.1) is 0 Å². The van der Waals surface area contributed by atoms with E-state index in [-0.39, 0.29) is 0 Å². The molecule has 0 spiro atoms. The molecule has 6 nitrogen and oxygen atoms in total. The zero-order valence-electron chi connectivity index (χ0n) is 11.8. The first-order valence-corrected chi connectivity index (χ1v) is 6.64. The van der Waals surface area contributed by atoms with E-state index in [0.29, 0.717) is 23.8 Å². The molecule has 2 aromatic heterocycles. The minimum Gasteiger partial charge on any atom is -0.462 e. The molecule has 0 N–H and O–H groups in total. The lowest BCUT2D eigenvalue weighted by Gasteiger charge is -2.07. The van der Waals surface area contributed by atoms with Crippen LogP contribution in [0.3, 0.4) is 0 Å². The van der Waals surface area contributed by atoms with Crippen molar-refractivity contribution in [2.45, 2.75) is 13.8 Å². The van der Waals surface area contributed by atoms with Crippen molar-refractivity contribution in [1.82, 2.24) is 19.5 Å². The molecule has 0 amide bonds. The van der Waals surface area contributed by atoms with E-state index >= 15 is 0 Å². The number of aromatic nitrogens is 4. The lowest BCUT2D eigenvalue weighted by Crippen LogP contribution is -2.11. The van der Waals surface area contributed by atoms with Crippen LogP contribution in [-0.4, -0.2) is 32.1 Å². The van der Waals surface area contributed by atoms with Gasteiger partial charge in [0.1, 0.15) is 6.33 Å². The molecular formula is C15H14N4O2. The fourth-order valence-electron chi connectivity index (χ4n) is 2.10. The summed E-state index contributed by atoms with van der Waals surface area (Å²) in [5, 5.41) is 0. The van der Waals surface area contributed by atoms with Gasteiger partial charge in [-0.25, -0.2) is 19.7 Å². The first-order chi connectivity index (χ1) is 10.2. The Balaban J connectivity index is 2.04. The maximum Gasteiger partial charge on any atom is 0.341 e. The van der Waals surface area contributed by atoms with E-state index in [9.17, 15) is 4.79 Å². The predicted octanol–water partition coefficient (Wildman–Crippen LogP) is 2.30. The number of carbonyl (C=O) groups is 1. The number of nitrogens with zero attached hydrogens (tertiary/aromatic N) is 4. The average Bonchev–Trinajstić information content (AvgIpc) is 2.91. The summed E-state index contributed by atoms with van der Waals surface area (Å²) in [4.78, 5) is 24.7. The second kappa shape index (κ2) is 5.32. The Hall–Kier alpha value is -2.76. The maximum atomic E-state index is 11.8. The highest BCUT2D eigenvalue weighted by Gasteiger charge is 2.14. The zero-order chi connectivity index (χ0) is 14.8. The highest BCUT2D eigenvalue weighted by molar-refractivity contribution is 5.90. The Labute approximate surface area is 121 Å². The highest BCUT2D eigenvalue weighted by atomic mass is 16.5. The topological polar surface area (TPSA) is 69.9 Å². The van der Waals surface area contributed by atoms with Crippen LogP contribution in [0.5, 0.6) is 0 Å². The molecule has 0 atom stereocenters. The van der Waals surface area contributed by atoms with Crippen LogP contribution in [0.4, 0.5) is 0 Å². The molecule has 0 radical (unpaired) electrons. The number of para-hydroxylation sites is 2. The summed E-state index contributed by atoms with van der Waals surface area (Å²) in [7, 11) is 0. The summed E-state index contributed by atoms with van der Waals surface area (Å²) in [6, 6.07) is 7.72. The Morgan fingerprint density at radius 2 is 2.10 bits per heavy atom. The molecule has 21 heavy (non-hydrogen) atoms. The quantitative estimate of drug-likeness (QED) is 0.689. The molecule has 3 rings (SSSR count). The lowest BCUT2D eigenvalue weighted by atomic mass is 10.2. The summed E-state index contributed by atoms with van der Waals surface area (Å²) < 4.78 is 6.76. The number of imidazole rings is 1. The van der Waals surface area contributed by atoms with Crippen molar-refractivity contribution in [3.63, 3.8) is 0 Å². The van der Waals surface area contributed by atoms with E-state index in [1.54, 1.807) is 24.7 Å². The van der Waals surface area contributed by atoms with Crippen molar-refractivity contribution in [2.75, 3.05) is 6.61 Å². The third-order valence-corrected chi connectivity index (χ3v) is 3.13. The number of esters is 1. The number of hydrogen-bond donors (Lipinski definition) is 0. The number of rotatable bonds is 3. The monoisotopic (exact) mass is 282 g/mol. The fraction of sp³-hybridized carbons (Fsp3) is 0.200. The summed E-state index contributed by atoms with van der Waals surface area (Å²) in [6.45, 7) is 3.85. The molecule has 0 aliphatic heterocycles. The molecule has 0 unspecified atom stereocenters. The van der Waals surface area contributed by atoms with E-state index in [0.717, 1.165) is 11.0 Å². The van der Waals surface area contributed by atoms with Gasteiger partial charge in [-0.05, 0) is 26.0 Å². The van der Waals surface area contributed by atoms with E-state index in [4.69, 9.17) is 4.74 Å². The average molecular weight is 282 g/mol. The van der Waals surface area contributed by atoms with Gasteiger partial charge < -0.3 is 4.74 Å². The van der Waals surface area contributed by atoms with Crippen molar-refractivity contribution >= 4 is 17.0 Å². The molecule has 0 bridgehead atoms. The molecule has 1 aromatic carbocycles. The van der Waals surface area contributed by atoms with Crippen LogP contribution < -0.4 is 0 Å².